The number of carbonyl (C=O) groups excluding carboxylic acids is 1. The molecule has 3 rings (SSSR count). The number of ether oxygens (including phenoxy) is 2. The number of hydrogen-bond acceptors (Lipinski definition) is 7. The number of fused-ring (bicyclic) bond motifs is 1. The van der Waals surface area contributed by atoms with Crippen molar-refractivity contribution in [1.82, 2.24) is 19.5 Å². The van der Waals surface area contributed by atoms with Gasteiger partial charge >= 0.3 is 6.16 Å². The Morgan fingerprint density at radius 2 is 2.32 bits per heavy atom. The molecule has 2 heterocycles. The van der Waals surface area contributed by atoms with Crippen molar-refractivity contribution in [2.24, 2.45) is 5.92 Å². The Kier molecular flexibility index (Phi) is 3.84. The van der Waals surface area contributed by atoms with Gasteiger partial charge in [-0.2, -0.15) is 9.97 Å². The lowest BCUT2D eigenvalue weighted by Crippen LogP contribution is -2.13. The first-order valence-corrected chi connectivity index (χ1v) is 7.01. The molecule has 2 aromatic rings. The Morgan fingerprint density at radius 3 is 3.09 bits per heavy atom. The summed E-state index contributed by atoms with van der Waals surface area (Å²) in [4.78, 5) is 23.2. The molecule has 1 aliphatic carbocycles. The number of halogens is 1. The molecule has 2 aromatic heterocycles. The third kappa shape index (κ3) is 2.69. The molecule has 22 heavy (non-hydrogen) atoms. The van der Waals surface area contributed by atoms with Crippen LogP contribution in [0.25, 0.3) is 11.2 Å². The number of methoxy groups -OCH3 is 1. The van der Waals surface area contributed by atoms with Gasteiger partial charge in [0.15, 0.2) is 10.8 Å². The van der Waals surface area contributed by atoms with E-state index in [1.54, 1.807) is 6.33 Å². The molecule has 0 radical (unpaired) electrons. The average Bonchev–Trinajstić information content (AvgIpc) is 3.10. The van der Waals surface area contributed by atoms with Gasteiger partial charge in [0.25, 0.3) is 0 Å². The molecule has 116 valence electrons. The predicted molar refractivity (Wildman–Crippen MR) is 79.4 cm³/mol. The summed E-state index contributed by atoms with van der Waals surface area (Å²) in [7, 11) is 1.28. The molecular weight excluding hydrogens is 310 g/mol. The molecule has 0 amide bonds. The second-order valence-electron chi connectivity index (χ2n) is 4.91. The molecule has 0 saturated carbocycles. The van der Waals surface area contributed by atoms with Gasteiger partial charge in [-0.3, -0.25) is 0 Å². The largest absolute Gasteiger partial charge is 0.507 e. The van der Waals surface area contributed by atoms with E-state index < -0.39 is 6.16 Å². The molecule has 0 unspecified atom stereocenters. The number of aromatic nitrogens is 4. The van der Waals surface area contributed by atoms with Crippen LogP contribution in [0.1, 0.15) is 12.5 Å². The zero-order valence-electron chi connectivity index (χ0n) is 11.8. The molecule has 0 saturated heterocycles. The summed E-state index contributed by atoms with van der Waals surface area (Å²) < 4.78 is 11.3. The topological polar surface area (TPSA) is 105 Å². The smallest absolute Gasteiger partial charge is 0.438 e. The van der Waals surface area contributed by atoms with E-state index in [1.165, 1.54) is 7.11 Å². The molecular formula is C13H14ClN5O3. The van der Waals surface area contributed by atoms with Crippen molar-refractivity contribution in [1.29, 1.82) is 0 Å². The first kappa shape index (κ1) is 14.6. The third-order valence-corrected chi connectivity index (χ3v) is 3.76. The Bertz CT molecular complexity index is 745. The monoisotopic (exact) mass is 323 g/mol. The van der Waals surface area contributed by atoms with E-state index in [0.717, 1.165) is 6.42 Å². The Balaban J connectivity index is 1.77. The van der Waals surface area contributed by atoms with Gasteiger partial charge < -0.3 is 19.8 Å². The van der Waals surface area contributed by atoms with Crippen LogP contribution in [0.2, 0.25) is 5.15 Å². The molecule has 0 spiro atoms. The maximum absolute atomic E-state index is 11.0. The van der Waals surface area contributed by atoms with Crippen LogP contribution in [-0.2, 0) is 9.47 Å². The summed E-state index contributed by atoms with van der Waals surface area (Å²) in [6.45, 7) is 0.267. The van der Waals surface area contributed by atoms with Gasteiger partial charge in [0.2, 0.25) is 5.95 Å². The van der Waals surface area contributed by atoms with Crippen LogP contribution in [0.15, 0.2) is 18.5 Å². The average molecular weight is 324 g/mol. The van der Waals surface area contributed by atoms with E-state index in [2.05, 4.69) is 19.7 Å². The highest BCUT2D eigenvalue weighted by Gasteiger charge is 2.24. The van der Waals surface area contributed by atoms with E-state index in [4.69, 9.17) is 22.1 Å². The summed E-state index contributed by atoms with van der Waals surface area (Å²) in [5, 5.41) is 0.266. The highest BCUT2D eigenvalue weighted by Crippen LogP contribution is 2.32. The number of nitrogens with zero attached hydrogens (tertiary/aromatic N) is 4. The highest BCUT2D eigenvalue weighted by atomic mass is 35.5. The van der Waals surface area contributed by atoms with Gasteiger partial charge in [-0.1, -0.05) is 23.8 Å². The standard InChI is InChI=1S/C13H14ClN5O3/c1-21-13(20)22-5-7-2-3-8(4-7)19-6-16-11-9(19)10(14)17-12(15)18-11/h2-3,6-8H,4-5H2,1H3,(H2,15,17,18)/t7-,8+/m1/s1. The summed E-state index contributed by atoms with van der Waals surface area (Å²) in [6.07, 6.45) is 5.73. The number of nitrogens with two attached hydrogens (primary N) is 1. The van der Waals surface area contributed by atoms with E-state index in [-0.39, 0.29) is 29.7 Å². The predicted octanol–water partition coefficient (Wildman–Crippen LogP) is 1.96. The van der Waals surface area contributed by atoms with Gasteiger partial charge in [-0.05, 0) is 6.42 Å². The lowest BCUT2D eigenvalue weighted by Gasteiger charge is -2.14. The molecule has 2 N–H and O–H groups in total. The molecule has 1 aliphatic rings. The number of anilines is 1. The zero-order valence-corrected chi connectivity index (χ0v) is 12.5. The van der Waals surface area contributed by atoms with Crippen LogP contribution in [0, 0.1) is 5.92 Å². The van der Waals surface area contributed by atoms with Crippen molar-refractivity contribution < 1.29 is 14.3 Å². The second-order valence-corrected chi connectivity index (χ2v) is 5.27. The lowest BCUT2D eigenvalue weighted by atomic mass is 10.1. The quantitative estimate of drug-likeness (QED) is 0.523. The summed E-state index contributed by atoms with van der Waals surface area (Å²) in [6, 6.07) is 0.0426. The first-order chi connectivity index (χ1) is 10.6. The van der Waals surface area contributed by atoms with Crippen LogP contribution >= 0.6 is 11.6 Å². The highest BCUT2D eigenvalue weighted by molar-refractivity contribution is 6.33. The maximum atomic E-state index is 11.0. The molecule has 2 atom stereocenters. The fraction of sp³-hybridized carbons (Fsp3) is 0.385. The van der Waals surface area contributed by atoms with E-state index in [0.29, 0.717) is 11.2 Å². The Labute approximate surface area is 130 Å². The van der Waals surface area contributed by atoms with Crippen molar-refractivity contribution in [2.75, 3.05) is 19.5 Å². The Hall–Kier alpha value is -2.35. The van der Waals surface area contributed by atoms with Crippen molar-refractivity contribution in [3.05, 3.63) is 23.6 Å². The van der Waals surface area contributed by atoms with Crippen molar-refractivity contribution >= 4 is 34.9 Å². The van der Waals surface area contributed by atoms with E-state index in [9.17, 15) is 4.79 Å². The van der Waals surface area contributed by atoms with Crippen LogP contribution < -0.4 is 5.73 Å². The van der Waals surface area contributed by atoms with Gasteiger partial charge in [0.1, 0.15) is 12.1 Å². The molecule has 0 aliphatic heterocycles. The zero-order chi connectivity index (χ0) is 15.7. The molecule has 8 nitrogen and oxygen atoms in total. The van der Waals surface area contributed by atoms with Crippen molar-refractivity contribution in [2.45, 2.75) is 12.5 Å². The fourth-order valence-electron chi connectivity index (χ4n) is 2.49. The van der Waals surface area contributed by atoms with Crippen LogP contribution in [0.3, 0.4) is 0 Å². The SMILES string of the molecule is COC(=O)OC[C@@H]1C=C[C@H](n2cnc3nc(N)nc(Cl)c32)C1. The number of hydrogen-bond donors (Lipinski definition) is 1. The third-order valence-electron chi connectivity index (χ3n) is 3.49. The van der Waals surface area contributed by atoms with Gasteiger partial charge in [0.05, 0.1) is 19.5 Å². The molecule has 0 fully saturated rings. The minimum absolute atomic E-state index is 0.0426. The molecule has 0 bridgehead atoms. The minimum atomic E-state index is -0.683. The molecule has 9 heteroatoms. The number of carbonyl (C=O) groups is 1. The number of allylic oxidation sites excluding steroid dienone is 1. The van der Waals surface area contributed by atoms with Gasteiger partial charge in [0, 0.05) is 5.92 Å². The van der Waals surface area contributed by atoms with Gasteiger partial charge in [-0.25, -0.2) is 9.78 Å². The number of nitrogen functional groups attached to an aromatic ring is 1. The van der Waals surface area contributed by atoms with Crippen molar-refractivity contribution in [3.8, 4) is 0 Å². The number of rotatable bonds is 3. The summed E-state index contributed by atoms with van der Waals surface area (Å²) >= 11 is 6.14. The normalized spacial score (nSPS) is 20.5. The number of imidazole rings is 1. The van der Waals surface area contributed by atoms with Crippen molar-refractivity contribution in [3.63, 3.8) is 0 Å². The summed E-state index contributed by atoms with van der Waals surface area (Å²) in [5.41, 5.74) is 6.66. The fourth-order valence-corrected chi connectivity index (χ4v) is 2.76. The maximum Gasteiger partial charge on any atom is 0.507 e. The van der Waals surface area contributed by atoms with E-state index in [1.807, 2.05) is 16.7 Å². The Morgan fingerprint density at radius 1 is 1.50 bits per heavy atom. The second kappa shape index (κ2) is 5.80. The summed E-state index contributed by atoms with van der Waals surface area (Å²) in [5.74, 6) is 0.198. The van der Waals surface area contributed by atoms with Crippen LogP contribution in [0.4, 0.5) is 10.7 Å². The van der Waals surface area contributed by atoms with Gasteiger partial charge in [-0.15, -0.1) is 0 Å². The minimum Gasteiger partial charge on any atom is -0.438 e. The van der Waals surface area contributed by atoms with Crippen LogP contribution in [0.5, 0.6) is 0 Å². The first-order valence-electron chi connectivity index (χ1n) is 6.63. The molecule has 0 aromatic carbocycles. The lowest BCUT2D eigenvalue weighted by molar-refractivity contribution is 0.0641. The van der Waals surface area contributed by atoms with Crippen LogP contribution in [-0.4, -0.2) is 39.4 Å². The van der Waals surface area contributed by atoms with E-state index >= 15 is 0 Å².